The van der Waals surface area contributed by atoms with Gasteiger partial charge in [-0.2, -0.15) is 8.42 Å². The van der Waals surface area contributed by atoms with Crippen LogP contribution in [-0.2, 0) is 10.1 Å². The van der Waals surface area contributed by atoms with Crippen LogP contribution in [0.1, 0.15) is 0 Å². The normalized spacial score (nSPS) is 11.4. The number of thiol groups is 1. The molecule has 2 aromatic rings. The first-order valence-electron chi connectivity index (χ1n) is 5.04. The van der Waals surface area contributed by atoms with Crippen molar-refractivity contribution in [2.75, 3.05) is 5.73 Å². The van der Waals surface area contributed by atoms with E-state index in [1.807, 2.05) is 12.1 Å². The second-order valence-electron chi connectivity index (χ2n) is 3.77. The molecule has 0 radical (unpaired) electrons. The maximum absolute atomic E-state index is 11.2. The average Bonchev–Trinajstić information content (AvgIpc) is 2.29. The van der Waals surface area contributed by atoms with Crippen molar-refractivity contribution in [3.05, 3.63) is 42.5 Å². The van der Waals surface area contributed by atoms with Crippen molar-refractivity contribution >= 4 is 28.4 Å². The largest absolute Gasteiger partial charge is 0.398 e. The number of nitrogens with two attached hydrogens (primary N) is 1. The Morgan fingerprint density at radius 3 is 2.11 bits per heavy atom. The summed E-state index contributed by atoms with van der Waals surface area (Å²) in [6.45, 7) is 0. The number of hydrogen-bond donors (Lipinski definition) is 3. The summed E-state index contributed by atoms with van der Waals surface area (Å²) in [5.74, 6) is 0. The Morgan fingerprint density at radius 2 is 1.56 bits per heavy atom. The summed E-state index contributed by atoms with van der Waals surface area (Å²) >= 11 is 4.17. The Morgan fingerprint density at radius 1 is 1.00 bits per heavy atom. The second-order valence-corrected chi connectivity index (χ2v) is 5.68. The maximum atomic E-state index is 11.2. The van der Waals surface area contributed by atoms with Gasteiger partial charge in [-0.25, -0.2) is 0 Å². The smallest absolute Gasteiger partial charge is 0.296 e. The van der Waals surface area contributed by atoms with E-state index in [1.54, 1.807) is 18.2 Å². The summed E-state index contributed by atoms with van der Waals surface area (Å²) < 4.78 is 31.4. The molecule has 0 aliphatic carbocycles. The third-order valence-electron chi connectivity index (χ3n) is 2.49. The lowest BCUT2D eigenvalue weighted by Gasteiger charge is -2.06. The van der Waals surface area contributed by atoms with E-state index in [-0.39, 0.29) is 10.6 Å². The van der Waals surface area contributed by atoms with Crippen molar-refractivity contribution in [2.24, 2.45) is 0 Å². The van der Waals surface area contributed by atoms with Gasteiger partial charge >= 0.3 is 0 Å². The van der Waals surface area contributed by atoms with Crippen LogP contribution in [0.4, 0.5) is 5.69 Å². The first-order valence-corrected chi connectivity index (χ1v) is 6.93. The van der Waals surface area contributed by atoms with Crippen LogP contribution >= 0.6 is 12.6 Å². The zero-order valence-electron chi connectivity index (χ0n) is 9.24. The molecule has 0 amide bonds. The number of hydrogen-bond acceptors (Lipinski definition) is 4. The van der Waals surface area contributed by atoms with E-state index in [0.717, 1.165) is 10.5 Å². The SMILES string of the molecule is Nc1ccc(-c2ccc(S)cc2)cc1S(=O)(=O)O. The highest BCUT2D eigenvalue weighted by atomic mass is 32.2. The predicted molar refractivity (Wildman–Crippen MR) is 73.4 cm³/mol. The van der Waals surface area contributed by atoms with Crippen LogP contribution in [0.3, 0.4) is 0 Å². The molecule has 18 heavy (non-hydrogen) atoms. The summed E-state index contributed by atoms with van der Waals surface area (Å²) in [6, 6.07) is 11.7. The highest BCUT2D eigenvalue weighted by Gasteiger charge is 2.14. The van der Waals surface area contributed by atoms with Gasteiger partial charge in [0.05, 0.1) is 5.69 Å². The topological polar surface area (TPSA) is 80.4 Å². The van der Waals surface area contributed by atoms with Crippen LogP contribution in [0, 0.1) is 0 Å². The molecule has 0 aromatic heterocycles. The molecule has 2 aromatic carbocycles. The van der Waals surface area contributed by atoms with E-state index in [4.69, 9.17) is 10.3 Å². The predicted octanol–water partition coefficient (Wildman–Crippen LogP) is 2.47. The molecule has 0 unspecified atom stereocenters. The molecule has 4 nitrogen and oxygen atoms in total. The van der Waals surface area contributed by atoms with Crippen molar-refractivity contribution in [2.45, 2.75) is 9.79 Å². The van der Waals surface area contributed by atoms with Gasteiger partial charge in [0, 0.05) is 4.90 Å². The summed E-state index contributed by atoms with van der Waals surface area (Å²) in [4.78, 5) is 0.527. The molecule has 0 saturated heterocycles. The molecule has 94 valence electrons. The molecular weight excluding hydrogens is 270 g/mol. The van der Waals surface area contributed by atoms with Gasteiger partial charge in [-0.1, -0.05) is 18.2 Å². The van der Waals surface area contributed by atoms with Crippen molar-refractivity contribution < 1.29 is 13.0 Å². The zero-order valence-corrected chi connectivity index (χ0v) is 10.9. The second kappa shape index (κ2) is 4.64. The lowest BCUT2D eigenvalue weighted by molar-refractivity contribution is 0.483. The van der Waals surface area contributed by atoms with E-state index in [2.05, 4.69) is 12.6 Å². The van der Waals surface area contributed by atoms with Crippen LogP contribution in [0.15, 0.2) is 52.3 Å². The summed E-state index contributed by atoms with van der Waals surface area (Å²) in [5.41, 5.74) is 7.02. The quantitative estimate of drug-likeness (QED) is 0.449. The van der Waals surface area contributed by atoms with Gasteiger partial charge in [0.15, 0.2) is 0 Å². The van der Waals surface area contributed by atoms with Gasteiger partial charge in [0.25, 0.3) is 10.1 Å². The van der Waals surface area contributed by atoms with Crippen LogP contribution in [0.5, 0.6) is 0 Å². The lowest BCUT2D eigenvalue weighted by Crippen LogP contribution is -2.03. The fourth-order valence-electron chi connectivity index (χ4n) is 1.59. The van der Waals surface area contributed by atoms with E-state index < -0.39 is 10.1 Å². The Hall–Kier alpha value is -1.50. The summed E-state index contributed by atoms with van der Waals surface area (Å²) in [7, 11) is -4.31. The molecule has 0 aliphatic rings. The lowest BCUT2D eigenvalue weighted by atomic mass is 10.1. The van der Waals surface area contributed by atoms with Crippen molar-refractivity contribution in [3.63, 3.8) is 0 Å². The number of benzene rings is 2. The average molecular weight is 281 g/mol. The maximum Gasteiger partial charge on any atom is 0.296 e. The van der Waals surface area contributed by atoms with Gasteiger partial charge in [-0.05, 0) is 35.4 Å². The van der Waals surface area contributed by atoms with Crippen LogP contribution in [0.25, 0.3) is 11.1 Å². The monoisotopic (exact) mass is 281 g/mol. The first kappa shape index (κ1) is 12.9. The first-order chi connectivity index (χ1) is 8.38. The molecule has 0 aliphatic heterocycles. The van der Waals surface area contributed by atoms with Gasteiger partial charge in [-0.3, -0.25) is 4.55 Å². The molecule has 3 N–H and O–H groups in total. The standard InChI is InChI=1S/C12H11NO3S2/c13-11-6-3-9(7-12(11)18(14,15)16)8-1-4-10(17)5-2-8/h1-7,17H,13H2,(H,14,15,16). The third kappa shape index (κ3) is 2.66. The van der Waals surface area contributed by atoms with Gasteiger partial charge in [0.1, 0.15) is 4.90 Å². The van der Waals surface area contributed by atoms with Crippen LogP contribution in [0.2, 0.25) is 0 Å². The molecule has 0 heterocycles. The number of rotatable bonds is 2. The van der Waals surface area contributed by atoms with Crippen LogP contribution < -0.4 is 5.73 Å². The van der Waals surface area contributed by atoms with E-state index in [0.29, 0.717) is 5.56 Å². The minimum atomic E-state index is -4.31. The summed E-state index contributed by atoms with van der Waals surface area (Å²) in [6.07, 6.45) is 0. The highest BCUT2D eigenvalue weighted by Crippen LogP contribution is 2.27. The zero-order chi connectivity index (χ0) is 13.3. The van der Waals surface area contributed by atoms with Gasteiger partial charge in [-0.15, -0.1) is 12.6 Å². The molecule has 2 rings (SSSR count). The molecule has 0 saturated carbocycles. The van der Waals surface area contributed by atoms with Crippen molar-refractivity contribution in [1.82, 2.24) is 0 Å². The number of nitrogen functional groups attached to an aromatic ring is 1. The fourth-order valence-corrected chi connectivity index (χ4v) is 2.38. The highest BCUT2D eigenvalue weighted by molar-refractivity contribution is 7.86. The Balaban J connectivity index is 2.57. The molecule has 6 heteroatoms. The minimum Gasteiger partial charge on any atom is -0.398 e. The Bertz CT molecular complexity index is 679. The third-order valence-corrected chi connectivity index (χ3v) is 3.70. The molecular formula is C12H11NO3S2. The molecule has 0 spiro atoms. The van der Waals surface area contributed by atoms with E-state index in [1.165, 1.54) is 12.1 Å². The van der Waals surface area contributed by atoms with Crippen molar-refractivity contribution in [3.8, 4) is 11.1 Å². The minimum absolute atomic E-state index is 0.0204. The molecule has 0 atom stereocenters. The number of anilines is 1. The van der Waals surface area contributed by atoms with Crippen LogP contribution in [-0.4, -0.2) is 13.0 Å². The molecule has 0 bridgehead atoms. The Labute approximate surface area is 111 Å². The summed E-state index contributed by atoms with van der Waals surface area (Å²) in [5, 5.41) is 0. The van der Waals surface area contributed by atoms with Gasteiger partial charge < -0.3 is 5.73 Å². The fraction of sp³-hybridized carbons (Fsp3) is 0. The van der Waals surface area contributed by atoms with E-state index in [9.17, 15) is 8.42 Å². The van der Waals surface area contributed by atoms with E-state index >= 15 is 0 Å². The molecule has 0 fully saturated rings. The van der Waals surface area contributed by atoms with Crippen molar-refractivity contribution in [1.29, 1.82) is 0 Å². The Kier molecular flexibility index (Phi) is 3.34. The van der Waals surface area contributed by atoms with Gasteiger partial charge in [0.2, 0.25) is 0 Å².